The number of thioether (sulfide) groups is 1. The van der Waals surface area contributed by atoms with E-state index in [1.54, 1.807) is 41.5 Å². The minimum atomic E-state index is -5.96. The number of halogens is 3. The number of rotatable bonds is 17. The lowest BCUT2D eigenvalue weighted by Gasteiger charge is -2.31. The van der Waals surface area contributed by atoms with E-state index < -0.39 is 65.9 Å². The standard InChI is InChI=1S/C29H45F3N3O8PS3/c1-8-35(18-19-41-44(36,42-27(2,3)4)43-28(5,6)7)17-16-22(21-45-23-12-10-9-11-13-23)34-25-15-14-24(47(33,39)40)20-26(25)46(37,38)29(30,31)32/h9-15,20,22,34H,8,16-19,21H2,1-7H3,(H2,33,39,40)/t22-/m1/s1. The monoisotopic (exact) mass is 747 g/mol. The third-order valence-electron chi connectivity index (χ3n) is 6.10. The molecule has 0 aliphatic heterocycles. The molecule has 3 N–H and O–H groups in total. The first-order valence-corrected chi connectivity index (χ1v) is 20.1. The van der Waals surface area contributed by atoms with Crippen molar-refractivity contribution in [1.29, 1.82) is 0 Å². The first-order valence-electron chi connectivity index (χ1n) is 14.7. The second kappa shape index (κ2) is 16.3. The fourth-order valence-electron chi connectivity index (χ4n) is 4.07. The van der Waals surface area contributed by atoms with E-state index in [9.17, 15) is 34.6 Å². The molecule has 268 valence electrons. The first-order chi connectivity index (χ1) is 21.4. The minimum Gasteiger partial charge on any atom is -0.380 e. The number of phosphoric ester groups is 1. The summed E-state index contributed by atoms with van der Waals surface area (Å²) in [5.74, 6) is 0.314. The van der Waals surface area contributed by atoms with Gasteiger partial charge in [-0.05, 0) is 84.8 Å². The molecule has 0 amide bonds. The molecule has 0 saturated heterocycles. The number of benzene rings is 2. The summed E-state index contributed by atoms with van der Waals surface area (Å²) >= 11 is 1.40. The van der Waals surface area contributed by atoms with Gasteiger partial charge in [0.05, 0.1) is 28.4 Å². The van der Waals surface area contributed by atoms with E-state index in [1.807, 2.05) is 42.2 Å². The van der Waals surface area contributed by atoms with Crippen molar-refractivity contribution in [3.63, 3.8) is 0 Å². The van der Waals surface area contributed by atoms with Gasteiger partial charge in [0, 0.05) is 29.8 Å². The number of sulfone groups is 1. The van der Waals surface area contributed by atoms with Crippen LogP contribution in [-0.4, -0.2) is 76.5 Å². The van der Waals surface area contributed by atoms with Crippen LogP contribution in [-0.2, 0) is 38.0 Å². The van der Waals surface area contributed by atoms with Crippen LogP contribution in [0.25, 0.3) is 0 Å². The molecule has 0 fully saturated rings. The normalized spacial score (nSPS) is 14.4. The van der Waals surface area contributed by atoms with Gasteiger partial charge >= 0.3 is 13.3 Å². The molecule has 0 heterocycles. The smallest absolute Gasteiger partial charge is 0.380 e. The molecule has 2 aromatic carbocycles. The van der Waals surface area contributed by atoms with E-state index in [4.69, 9.17) is 18.7 Å². The summed E-state index contributed by atoms with van der Waals surface area (Å²) in [5, 5.41) is 8.00. The number of anilines is 1. The van der Waals surface area contributed by atoms with Crippen molar-refractivity contribution in [1.82, 2.24) is 4.90 Å². The molecular weight excluding hydrogens is 703 g/mol. The highest BCUT2D eigenvalue weighted by Gasteiger charge is 2.48. The number of likely N-dealkylation sites (N-methyl/N-ethyl adjacent to an activating group) is 1. The van der Waals surface area contributed by atoms with Crippen molar-refractivity contribution >= 4 is 45.1 Å². The van der Waals surface area contributed by atoms with E-state index in [0.29, 0.717) is 37.9 Å². The number of nitrogens with two attached hydrogens (primary N) is 1. The van der Waals surface area contributed by atoms with E-state index in [2.05, 4.69) is 5.32 Å². The lowest BCUT2D eigenvalue weighted by atomic mass is 10.2. The third-order valence-corrected chi connectivity index (χ3v) is 11.8. The molecule has 0 unspecified atom stereocenters. The maximum Gasteiger partial charge on any atom is 0.501 e. The van der Waals surface area contributed by atoms with Gasteiger partial charge in [-0.3, -0.25) is 13.6 Å². The Labute approximate surface area is 280 Å². The zero-order valence-electron chi connectivity index (χ0n) is 27.5. The molecule has 11 nitrogen and oxygen atoms in total. The molecule has 0 bridgehead atoms. The number of alkyl halides is 3. The van der Waals surface area contributed by atoms with Crippen LogP contribution in [0.3, 0.4) is 0 Å². The first kappa shape index (κ1) is 41.5. The van der Waals surface area contributed by atoms with Crippen LogP contribution in [0.15, 0.2) is 63.2 Å². The summed E-state index contributed by atoms with van der Waals surface area (Å²) in [6.45, 7) is 13.4. The van der Waals surface area contributed by atoms with E-state index >= 15 is 0 Å². The number of hydrogen-bond acceptors (Lipinski definition) is 11. The molecule has 0 aliphatic carbocycles. The molecule has 0 aliphatic rings. The zero-order valence-corrected chi connectivity index (χ0v) is 30.9. The van der Waals surface area contributed by atoms with Gasteiger partial charge in [0.15, 0.2) is 0 Å². The predicted molar refractivity (Wildman–Crippen MR) is 178 cm³/mol. The molecule has 47 heavy (non-hydrogen) atoms. The Morgan fingerprint density at radius 1 is 0.936 bits per heavy atom. The molecule has 2 rings (SSSR count). The number of primary sulfonamides is 1. The van der Waals surface area contributed by atoms with E-state index in [-0.39, 0.29) is 6.61 Å². The van der Waals surface area contributed by atoms with Crippen LogP contribution < -0.4 is 10.5 Å². The molecule has 0 aromatic heterocycles. The quantitative estimate of drug-likeness (QED) is 0.132. The summed E-state index contributed by atoms with van der Waals surface area (Å²) in [6, 6.07) is 10.9. The fraction of sp³-hybridized carbons (Fsp3) is 0.586. The average molecular weight is 748 g/mol. The van der Waals surface area contributed by atoms with Gasteiger partial charge in [-0.2, -0.15) is 13.2 Å². The van der Waals surface area contributed by atoms with E-state index in [1.165, 1.54) is 11.8 Å². The Morgan fingerprint density at radius 3 is 2.00 bits per heavy atom. The van der Waals surface area contributed by atoms with Crippen LogP contribution in [0.2, 0.25) is 0 Å². The van der Waals surface area contributed by atoms with Crippen LogP contribution in [0.1, 0.15) is 54.9 Å². The van der Waals surface area contributed by atoms with Crippen molar-refractivity contribution in [2.45, 2.75) is 92.3 Å². The second-order valence-corrected chi connectivity index (χ2v) is 18.6. The summed E-state index contributed by atoms with van der Waals surface area (Å²) in [7, 11) is -14.4. The van der Waals surface area contributed by atoms with Gasteiger partial charge in [0.1, 0.15) is 4.90 Å². The van der Waals surface area contributed by atoms with Crippen molar-refractivity contribution < 1.29 is 48.1 Å². The lowest BCUT2D eigenvalue weighted by Crippen LogP contribution is -2.34. The number of sulfonamides is 1. The highest BCUT2D eigenvalue weighted by Crippen LogP contribution is 2.55. The highest BCUT2D eigenvalue weighted by molar-refractivity contribution is 7.99. The van der Waals surface area contributed by atoms with E-state index in [0.717, 1.165) is 17.0 Å². The Balaban J connectivity index is 2.32. The Bertz CT molecular complexity index is 1560. The molecule has 18 heteroatoms. The van der Waals surface area contributed by atoms with Gasteiger partial charge in [-0.15, -0.1) is 11.8 Å². The Hall–Kier alpha value is -1.69. The minimum absolute atomic E-state index is 0.0167. The summed E-state index contributed by atoms with van der Waals surface area (Å²) in [6.07, 6.45) is 0.324. The molecule has 1 atom stereocenters. The predicted octanol–water partition coefficient (Wildman–Crippen LogP) is 6.67. The van der Waals surface area contributed by atoms with Crippen molar-refractivity contribution in [2.24, 2.45) is 5.14 Å². The van der Waals surface area contributed by atoms with Crippen molar-refractivity contribution in [3.8, 4) is 0 Å². The number of phosphoric acid groups is 1. The molecular formula is C29H45F3N3O8PS3. The van der Waals surface area contributed by atoms with Crippen LogP contribution in [0, 0.1) is 0 Å². The topological polar surface area (TPSA) is 154 Å². The molecule has 2 aromatic rings. The van der Waals surface area contributed by atoms with Crippen LogP contribution >= 0.6 is 19.6 Å². The second-order valence-electron chi connectivity index (χ2n) is 12.5. The maximum absolute atomic E-state index is 13.7. The fourth-order valence-corrected chi connectivity index (χ4v) is 8.41. The Morgan fingerprint density at radius 2 is 1.51 bits per heavy atom. The SMILES string of the molecule is CCN(CCOP(=O)(OC(C)(C)C)OC(C)(C)C)CC[C@H](CSc1ccccc1)Nc1ccc(S(N)(=O)=O)cc1S(=O)(=O)C(F)(F)F. The van der Waals surface area contributed by atoms with Gasteiger partial charge < -0.3 is 10.2 Å². The van der Waals surface area contributed by atoms with Gasteiger partial charge in [0.25, 0.3) is 9.84 Å². The van der Waals surface area contributed by atoms with Crippen molar-refractivity contribution in [2.75, 3.05) is 37.3 Å². The molecule has 0 spiro atoms. The molecule has 0 radical (unpaired) electrons. The summed E-state index contributed by atoms with van der Waals surface area (Å²) in [4.78, 5) is 0.806. The third kappa shape index (κ3) is 14.0. The van der Waals surface area contributed by atoms with Gasteiger partial charge in [-0.1, -0.05) is 25.1 Å². The molecule has 0 saturated carbocycles. The maximum atomic E-state index is 13.7. The van der Waals surface area contributed by atoms with Crippen LogP contribution in [0.5, 0.6) is 0 Å². The number of nitrogens with zero attached hydrogens (tertiary/aromatic N) is 1. The lowest BCUT2D eigenvalue weighted by molar-refractivity contribution is -0.0436. The number of hydrogen-bond donors (Lipinski definition) is 2. The van der Waals surface area contributed by atoms with Gasteiger partial charge in [-0.25, -0.2) is 26.5 Å². The summed E-state index contributed by atoms with van der Waals surface area (Å²) in [5.41, 5.74) is -7.74. The zero-order chi connectivity index (χ0) is 35.9. The van der Waals surface area contributed by atoms with Gasteiger partial charge in [0.2, 0.25) is 10.0 Å². The highest BCUT2D eigenvalue weighted by atomic mass is 32.2. The summed E-state index contributed by atoms with van der Waals surface area (Å²) < 4.78 is 120. The largest absolute Gasteiger partial charge is 0.501 e. The van der Waals surface area contributed by atoms with Crippen LogP contribution in [0.4, 0.5) is 18.9 Å². The number of nitrogens with one attached hydrogen (secondary N) is 1. The average Bonchev–Trinajstić information content (AvgIpc) is 2.90. The van der Waals surface area contributed by atoms with Crippen molar-refractivity contribution in [3.05, 3.63) is 48.5 Å². The Kier molecular flexibility index (Phi) is 14.4.